The van der Waals surface area contributed by atoms with Crippen molar-refractivity contribution in [3.63, 3.8) is 0 Å². The van der Waals surface area contributed by atoms with E-state index in [1.54, 1.807) is 17.6 Å². The number of benzene rings is 1. The van der Waals surface area contributed by atoms with E-state index in [0.717, 1.165) is 4.31 Å². The van der Waals surface area contributed by atoms with Crippen LogP contribution in [-0.2, 0) is 16.6 Å². The Bertz CT molecular complexity index is 1300. The maximum Gasteiger partial charge on any atom is 0.335 e. The molecule has 0 aliphatic carbocycles. The Balaban J connectivity index is 2.32. The molecule has 0 aliphatic heterocycles. The molecule has 0 spiro atoms. The van der Waals surface area contributed by atoms with E-state index in [4.69, 9.17) is 5.73 Å². The van der Waals surface area contributed by atoms with Gasteiger partial charge >= 0.3 is 5.97 Å². The fourth-order valence-corrected chi connectivity index (χ4v) is 4.33. The number of fused-ring (bicyclic) bond motifs is 1. The highest BCUT2D eigenvalue weighted by atomic mass is 32.2. The minimum absolute atomic E-state index is 0.00102. The number of allylic oxidation sites excluding steroid dienone is 1. The van der Waals surface area contributed by atoms with Crippen molar-refractivity contribution in [2.24, 2.45) is 5.73 Å². The SMILES string of the molecule is Cc1c(-c2cncc(S(=O)(=O)N(C)C)c2)c2cc(C(=O)O)ccc2n1CC(F)=CCN. The van der Waals surface area contributed by atoms with E-state index in [0.29, 0.717) is 27.7 Å². The first kappa shape index (κ1) is 22.6. The molecule has 3 N–H and O–H groups in total. The van der Waals surface area contributed by atoms with Crippen molar-refractivity contribution in [1.82, 2.24) is 13.9 Å². The minimum atomic E-state index is -3.73. The quantitative estimate of drug-likeness (QED) is 0.576. The number of nitrogens with zero attached hydrogens (tertiary/aromatic N) is 3. The van der Waals surface area contributed by atoms with Gasteiger partial charge in [0.05, 0.1) is 12.1 Å². The zero-order valence-electron chi connectivity index (χ0n) is 17.3. The van der Waals surface area contributed by atoms with Crippen molar-refractivity contribution in [2.75, 3.05) is 20.6 Å². The maximum atomic E-state index is 14.3. The van der Waals surface area contributed by atoms with Gasteiger partial charge in [-0.2, -0.15) is 0 Å². The molecule has 8 nitrogen and oxygen atoms in total. The number of carboxylic acids is 1. The summed E-state index contributed by atoms with van der Waals surface area (Å²) in [6, 6.07) is 6.03. The van der Waals surface area contributed by atoms with E-state index < -0.39 is 21.8 Å². The molecule has 0 aliphatic rings. The van der Waals surface area contributed by atoms with Crippen molar-refractivity contribution in [1.29, 1.82) is 0 Å². The van der Waals surface area contributed by atoms with Crippen molar-refractivity contribution in [3.8, 4) is 11.1 Å². The first-order chi connectivity index (χ1) is 14.6. The molecule has 2 heterocycles. The average Bonchev–Trinajstić information content (AvgIpc) is 2.99. The molecule has 3 rings (SSSR count). The van der Waals surface area contributed by atoms with Gasteiger partial charge in [0.15, 0.2) is 0 Å². The van der Waals surface area contributed by atoms with Gasteiger partial charge in [-0.1, -0.05) is 0 Å². The molecule has 0 saturated heterocycles. The van der Waals surface area contributed by atoms with Gasteiger partial charge in [0, 0.05) is 60.8 Å². The van der Waals surface area contributed by atoms with Gasteiger partial charge in [-0.05, 0) is 37.3 Å². The summed E-state index contributed by atoms with van der Waals surface area (Å²) in [5.74, 6) is -1.53. The lowest BCUT2D eigenvalue weighted by atomic mass is 10.0. The normalized spacial score (nSPS) is 12.6. The molecule has 0 atom stereocenters. The number of pyridine rings is 1. The standard InChI is InChI=1S/C21H23FN4O4S/c1-13-20(15-8-17(11-24-10-15)31(29,30)25(2)3)18-9-14(21(27)28)4-5-19(18)26(13)12-16(22)6-7-23/h4-6,8-11H,7,12,23H2,1-3H3,(H,27,28). The van der Waals surface area contributed by atoms with Crippen LogP contribution in [-0.4, -0.2) is 54.0 Å². The molecule has 31 heavy (non-hydrogen) atoms. The van der Waals surface area contributed by atoms with E-state index in [1.165, 1.54) is 50.8 Å². The second kappa shape index (κ2) is 8.58. The molecular formula is C21H23FN4O4S. The number of nitrogens with two attached hydrogens (primary N) is 1. The van der Waals surface area contributed by atoms with Crippen molar-refractivity contribution < 1.29 is 22.7 Å². The first-order valence-electron chi connectivity index (χ1n) is 9.36. The minimum Gasteiger partial charge on any atom is -0.478 e. The Hall–Kier alpha value is -3.08. The molecule has 2 aromatic heterocycles. The molecule has 0 bridgehead atoms. The molecule has 0 unspecified atom stereocenters. The number of aromatic carboxylic acids is 1. The van der Waals surface area contributed by atoms with Crippen LogP contribution in [0, 0.1) is 6.92 Å². The summed E-state index contributed by atoms with van der Waals surface area (Å²) in [7, 11) is -0.885. The number of hydrogen-bond acceptors (Lipinski definition) is 5. The lowest BCUT2D eigenvalue weighted by molar-refractivity contribution is 0.0697. The summed E-state index contributed by atoms with van der Waals surface area (Å²) in [6.07, 6.45) is 4.02. The van der Waals surface area contributed by atoms with Crippen LogP contribution in [0.25, 0.3) is 22.0 Å². The Labute approximate surface area is 179 Å². The van der Waals surface area contributed by atoms with Crippen LogP contribution in [0.2, 0.25) is 0 Å². The van der Waals surface area contributed by atoms with E-state index >= 15 is 0 Å². The largest absolute Gasteiger partial charge is 0.478 e. The van der Waals surface area contributed by atoms with E-state index in [9.17, 15) is 22.7 Å². The smallest absolute Gasteiger partial charge is 0.335 e. The van der Waals surface area contributed by atoms with E-state index in [2.05, 4.69) is 4.98 Å². The number of rotatable bonds is 7. The summed E-state index contributed by atoms with van der Waals surface area (Å²) in [4.78, 5) is 15.6. The highest BCUT2D eigenvalue weighted by Crippen LogP contribution is 2.36. The number of sulfonamides is 1. The van der Waals surface area contributed by atoms with Gasteiger partial charge in [-0.3, -0.25) is 4.98 Å². The zero-order valence-corrected chi connectivity index (χ0v) is 18.1. The molecule has 3 aromatic rings. The molecule has 0 saturated carbocycles. The third-order valence-corrected chi connectivity index (χ3v) is 6.78. The lowest BCUT2D eigenvalue weighted by Gasteiger charge is -2.12. The summed E-state index contributed by atoms with van der Waals surface area (Å²) >= 11 is 0. The first-order valence-corrected chi connectivity index (χ1v) is 10.8. The average molecular weight is 447 g/mol. The molecule has 164 valence electrons. The van der Waals surface area contributed by atoms with E-state index in [1.807, 2.05) is 0 Å². The van der Waals surface area contributed by atoms with Crippen LogP contribution >= 0.6 is 0 Å². The Kier molecular flexibility index (Phi) is 6.25. The fraction of sp³-hybridized carbons (Fsp3) is 0.238. The Morgan fingerprint density at radius 1 is 1.29 bits per heavy atom. The van der Waals surface area contributed by atoms with Gasteiger partial charge < -0.3 is 15.4 Å². The second-order valence-electron chi connectivity index (χ2n) is 7.17. The summed E-state index contributed by atoms with van der Waals surface area (Å²) in [6.45, 7) is 1.72. The monoisotopic (exact) mass is 446 g/mol. The maximum absolute atomic E-state index is 14.3. The van der Waals surface area contributed by atoms with Crippen molar-refractivity contribution in [2.45, 2.75) is 18.4 Å². The predicted molar refractivity (Wildman–Crippen MR) is 116 cm³/mol. The Morgan fingerprint density at radius 2 is 2.00 bits per heavy atom. The lowest BCUT2D eigenvalue weighted by Crippen LogP contribution is -2.22. The van der Waals surface area contributed by atoms with Gasteiger partial charge in [-0.25, -0.2) is 21.9 Å². The molecule has 0 radical (unpaired) electrons. The number of halogens is 1. The third kappa shape index (κ3) is 4.22. The van der Waals surface area contributed by atoms with Crippen LogP contribution < -0.4 is 5.73 Å². The summed E-state index contributed by atoms with van der Waals surface area (Å²) in [5.41, 5.74) is 7.78. The zero-order chi connectivity index (χ0) is 22.9. The number of carboxylic acid groups (broad SMARTS) is 1. The number of hydrogen-bond donors (Lipinski definition) is 2. The van der Waals surface area contributed by atoms with E-state index in [-0.39, 0.29) is 23.5 Å². The second-order valence-corrected chi connectivity index (χ2v) is 9.32. The van der Waals surface area contributed by atoms with Crippen LogP contribution in [0.3, 0.4) is 0 Å². The highest BCUT2D eigenvalue weighted by Gasteiger charge is 2.22. The van der Waals surface area contributed by atoms with Crippen LogP contribution in [0.1, 0.15) is 16.1 Å². The third-order valence-electron chi connectivity index (χ3n) is 5.00. The van der Waals surface area contributed by atoms with Crippen molar-refractivity contribution in [3.05, 3.63) is 59.8 Å². The van der Waals surface area contributed by atoms with Gasteiger partial charge in [-0.15, -0.1) is 0 Å². The molecule has 0 amide bonds. The summed E-state index contributed by atoms with van der Waals surface area (Å²) in [5, 5.41) is 9.98. The highest BCUT2D eigenvalue weighted by molar-refractivity contribution is 7.89. The van der Waals surface area contributed by atoms with Crippen LogP contribution in [0.15, 0.2) is 53.5 Å². The van der Waals surface area contributed by atoms with Crippen LogP contribution in [0.4, 0.5) is 4.39 Å². The molecule has 1 aromatic carbocycles. The molecule has 10 heteroatoms. The molecule has 0 fully saturated rings. The van der Waals surface area contributed by atoms with Crippen LogP contribution in [0.5, 0.6) is 0 Å². The van der Waals surface area contributed by atoms with Crippen molar-refractivity contribution >= 4 is 26.9 Å². The van der Waals surface area contributed by atoms with Gasteiger partial charge in [0.2, 0.25) is 10.0 Å². The van der Waals surface area contributed by atoms with Gasteiger partial charge in [0.25, 0.3) is 0 Å². The van der Waals surface area contributed by atoms with Gasteiger partial charge in [0.1, 0.15) is 10.7 Å². The predicted octanol–water partition coefficient (Wildman–Crippen LogP) is 2.77. The summed E-state index contributed by atoms with van der Waals surface area (Å²) < 4.78 is 42.2. The number of carbonyl (C=O) groups is 1. The fourth-order valence-electron chi connectivity index (χ4n) is 3.43. The number of aromatic nitrogens is 2. The Morgan fingerprint density at radius 3 is 2.61 bits per heavy atom. The topological polar surface area (TPSA) is 119 Å². The molecular weight excluding hydrogens is 423 g/mol.